The SMILES string of the molecule is CCC(=O)c1ccccc1.Cc1ccccc1C(=O)c1ccccc1. The van der Waals surface area contributed by atoms with Gasteiger partial charge in [-0.05, 0) is 12.5 Å². The van der Waals surface area contributed by atoms with Gasteiger partial charge >= 0.3 is 0 Å². The molecular weight excluding hydrogens is 308 g/mol. The van der Waals surface area contributed by atoms with Gasteiger partial charge in [0.25, 0.3) is 0 Å². The van der Waals surface area contributed by atoms with E-state index in [1.54, 1.807) is 0 Å². The summed E-state index contributed by atoms with van der Waals surface area (Å²) in [7, 11) is 0. The third-order valence-electron chi connectivity index (χ3n) is 3.84. The fraction of sp³-hybridized carbons (Fsp3) is 0.130. The van der Waals surface area contributed by atoms with Crippen LogP contribution in [0.15, 0.2) is 84.9 Å². The predicted molar refractivity (Wildman–Crippen MR) is 102 cm³/mol. The van der Waals surface area contributed by atoms with Gasteiger partial charge in [0.2, 0.25) is 0 Å². The van der Waals surface area contributed by atoms with Gasteiger partial charge in [0.15, 0.2) is 11.6 Å². The molecule has 0 saturated carbocycles. The third kappa shape index (κ3) is 5.25. The maximum absolute atomic E-state index is 12.1. The molecule has 0 saturated heterocycles. The summed E-state index contributed by atoms with van der Waals surface area (Å²) in [5, 5.41) is 0. The lowest BCUT2D eigenvalue weighted by Gasteiger charge is -2.03. The molecule has 0 aliphatic heterocycles. The maximum atomic E-state index is 12.1. The summed E-state index contributed by atoms with van der Waals surface area (Å²) in [5.74, 6) is 0.300. The zero-order chi connectivity index (χ0) is 18.1. The average molecular weight is 330 g/mol. The standard InChI is InChI=1S/C14H12O.C9H10O/c1-11-7-5-6-10-13(11)14(15)12-8-3-2-4-9-12;1-2-9(10)8-6-4-3-5-7-8/h2-10H,1H3;3-7H,2H2,1H3. The molecule has 0 aliphatic rings. The second-order valence-corrected chi connectivity index (χ2v) is 5.65. The quantitative estimate of drug-likeness (QED) is 0.591. The van der Waals surface area contributed by atoms with E-state index in [1.165, 1.54) is 0 Å². The lowest BCUT2D eigenvalue weighted by molar-refractivity contribution is 0.0987. The lowest BCUT2D eigenvalue weighted by Crippen LogP contribution is -2.02. The molecule has 0 unspecified atom stereocenters. The number of carbonyl (C=O) groups is 2. The number of hydrogen-bond acceptors (Lipinski definition) is 2. The summed E-state index contributed by atoms with van der Waals surface area (Å²) < 4.78 is 0. The first-order valence-electron chi connectivity index (χ1n) is 8.37. The van der Waals surface area contributed by atoms with E-state index >= 15 is 0 Å². The highest BCUT2D eigenvalue weighted by molar-refractivity contribution is 6.09. The Balaban J connectivity index is 0.000000196. The largest absolute Gasteiger partial charge is 0.294 e. The predicted octanol–water partition coefficient (Wildman–Crippen LogP) is 5.51. The highest BCUT2D eigenvalue weighted by atomic mass is 16.1. The van der Waals surface area contributed by atoms with Crippen LogP contribution in [-0.4, -0.2) is 11.6 Å². The molecule has 3 aromatic rings. The van der Waals surface area contributed by atoms with Crippen molar-refractivity contribution in [3.8, 4) is 0 Å². The highest BCUT2D eigenvalue weighted by Crippen LogP contribution is 2.13. The molecule has 0 fully saturated rings. The van der Waals surface area contributed by atoms with Gasteiger partial charge < -0.3 is 0 Å². The van der Waals surface area contributed by atoms with Crippen LogP contribution in [-0.2, 0) is 0 Å². The van der Waals surface area contributed by atoms with Crippen molar-refractivity contribution in [2.24, 2.45) is 0 Å². The summed E-state index contributed by atoms with van der Waals surface area (Å²) in [4.78, 5) is 23.1. The number of Topliss-reactive ketones (excluding diaryl/α,β-unsaturated/α-hetero) is 1. The minimum atomic E-state index is 0.0914. The van der Waals surface area contributed by atoms with Crippen molar-refractivity contribution >= 4 is 11.6 Å². The zero-order valence-electron chi connectivity index (χ0n) is 14.6. The fourth-order valence-electron chi connectivity index (χ4n) is 2.40. The van der Waals surface area contributed by atoms with E-state index < -0.39 is 0 Å². The van der Waals surface area contributed by atoms with E-state index in [-0.39, 0.29) is 11.6 Å². The van der Waals surface area contributed by atoms with Crippen LogP contribution >= 0.6 is 0 Å². The Labute approximate surface area is 149 Å². The first kappa shape index (κ1) is 18.3. The smallest absolute Gasteiger partial charge is 0.193 e. The van der Waals surface area contributed by atoms with Crippen LogP contribution in [0.3, 0.4) is 0 Å². The molecular formula is C23H22O2. The Morgan fingerprint density at radius 1 is 0.680 bits per heavy atom. The molecule has 2 heteroatoms. The Kier molecular flexibility index (Phi) is 6.85. The van der Waals surface area contributed by atoms with Gasteiger partial charge in [0.05, 0.1) is 0 Å². The van der Waals surface area contributed by atoms with Crippen molar-refractivity contribution in [3.05, 3.63) is 107 Å². The van der Waals surface area contributed by atoms with Gasteiger partial charge in [0, 0.05) is 23.1 Å². The minimum absolute atomic E-state index is 0.0914. The van der Waals surface area contributed by atoms with Crippen LogP contribution in [0.2, 0.25) is 0 Å². The number of carbonyl (C=O) groups excluding carboxylic acids is 2. The normalized spacial score (nSPS) is 9.68. The van der Waals surface area contributed by atoms with Crippen LogP contribution < -0.4 is 0 Å². The lowest BCUT2D eigenvalue weighted by atomic mass is 9.99. The topological polar surface area (TPSA) is 34.1 Å². The van der Waals surface area contributed by atoms with Crippen LogP contribution in [0.25, 0.3) is 0 Å². The summed E-state index contributed by atoms with van der Waals surface area (Å²) in [6.45, 7) is 3.82. The van der Waals surface area contributed by atoms with E-state index in [0.29, 0.717) is 6.42 Å². The number of rotatable bonds is 4. The van der Waals surface area contributed by atoms with Crippen molar-refractivity contribution in [3.63, 3.8) is 0 Å². The van der Waals surface area contributed by atoms with Crippen molar-refractivity contribution in [2.75, 3.05) is 0 Å². The van der Waals surface area contributed by atoms with Crippen molar-refractivity contribution in [1.29, 1.82) is 0 Å². The van der Waals surface area contributed by atoms with Crippen molar-refractivity contribution < 1.29 is 9.59 Å². The average Bonchev–Trinajstić information content (AvgIpc) is 2.69. The van der Waals surface area contributed by atoms with E-state index in [9.17, 15) is 9.59 Å². The molecule has 0 spiro atoms. The van der Waals surface area contributed by atoms with Gasteiger partial charge in [-0.15, -0.1) is 0 Å². The van der Waals surface area contributed by atoms with Gasteiger partial charge in [-0.25, -0.2) is 0 Å². The second kappa shape index (κ2) is 9.33. The van der Waals surface area contributed by atoms with Gasteiger partial charge in [-0.1, -0.05) is 91.9 Å². The summed E-state index contributed by atoms with van der Waals surface area (Å²) >= 11 is 0. The summed E-state index contributed by atoms with van der Waals surface area (Å²) in [5.41, 5.74) is 3.35. The Hall–Kier alpha value is -3.00. The molecule has 3 aromatic carbocycles. The zero-order valence-corrected chi connectivity index (χ0v) is 14.6. The Morgan fingerprint density at radius 3 is 1.68 bits per heavy atom. The first-order chi connectivity index (χ1) is 12.1. The molecule has 0 bridgehead atoms. The van der Waals surface area contributed by atoms with Crippen LogP contribution in [0.4, 0.5) is 0 Å². The highest BCUT2D eigenvalue weighted by Gasteiger charge is 2.09. The molecule has 126 valence electrons. The third-order valence-corrected chi connectivity index (χ3v) is 3.84. The van der Waals surface area contributed by atoms with Crippen LogP contribution in [0, 0.1) is 6.92 Å². The molecule has 0 N–H and O–H groups in total. The van der Waals surface area contributed by atoms with E-state index in [0.717, 1.165) is 22.3 Å². The van der Waals surface area contributed by atoms with E-state index in [2.05, 4.69) is 0 Å². The molecule has 3 rings (SSSR count). The molecule has 0 heterocycles. The monoisotopic (exact) mass is 330 g/mol. The Bertz CT molecular complexity index is 821. The van der Waals surface area contributed by atoms with Crippen LogP contribution in [0.1, 0.15) is 45.2 Å². The molecule has 0 aliphatic carbocycles. The van der Waals surface area contributed by atoms with E-state index in [4.69, 9.17) is 0 Å². The molecule has 0 radical (unpaired) electrons. The second-order valence-electron chi connectivity index (χ2n) is 5.65. The first-order valence-corrected chi connectivity index (χ1v) is 8.37. The Morgan fingerprint density at radius 2 is 1.16 bits per heavy atom. The summed E-state index contributed by atoms with van der Waals surface area (Å²) in [6.07, 6.45) is 0.587. The number of ketones is 2. The van der Waals surface area contributed by atoms with Gasteiger partial charge in [-0.3, -0.25) is 9.59 Å². The fourth-order valence-corrected chi connectivity index (χ4v) is 2.40. The van der Waals surface area contributed by atoms with E-state index in [1.807, 2.05) is 98.8 Å². The molecule has 2 nitrogen and oxygen atoms in total. The van der Waals surface area contributed by atoms with Gasteiger partial charge in [-0.2, -0.15) is 0 Å². The maximum Gasteiger partial charge on any atom is 0.193 e. The molecule has 0 atom stereocenters. The van der Waals surface area contributed by atoms with Gasteiger partial charge in [0.1, 0.15) is 0 Å². The molecule has 25 heavy (non-hydrogen) atoms. The van der Waals surface area contributed by atoms with Crippen molar-refractivity contribution in [1.82, 2.24) is 0 Å². The molecule has 0 aromatic heterocycles. The number of benzene rings is 3. The number of hydrogen-bond donors (Lipinski definition) is 0. The van der Waals surface area contributed by atoms with Crippen molar-refractivity contribution in [2.45, 2.75) is 20.3 Å². The van der Waals surface area contributed by atoms with Crippen LogP contribution in [0.5, 0.6) is 0 Å². The minimum Gasteiger partial charge on any atom is -0.294 e. The summed E-state index contributed by atoms with van der Waals surface area (Å²) in [6, 6.07) is 26.4. The molecule has 0 amide bonds. The number of aryl methyl sites for hydroxylation is 1.